The summed E-state index contributed by atoms with van der Waals surface area (Å²) in [7, 11) is 0. The third kappa shape index (κ3) is 3.76. The number of benzene rings is 1. The van der Waals surface area contributed by atoms with Gasteiger partial charge in [-0.2, -0.15) is 0 Å². The van der Waals surface area contributed by atoms with Gasteiger partial charge in [-0.25, -0.2) is 4.39 Å². The number of carbonyl (C=O) groups excluding carboxylic acids is 1. The first-order valence-electron chi connectivity index (χ1n) is 8.26. The molecule has 3 rings (SSSR count). The highest BCUT2D eigenvalue weighted by molar-refractivity contribution is 5.94. The number of halogens is 1. The number of nitrogens with one attached hydrogen (secondary N) is 1. The molecular weight excluding hydrogens is 317 g/mol. The van der Waals surface area contributed by atoms with Crippen molar-refractivity contribution < 1.29 is 9.18 Å². The van der Waals surface area contributed by atoms with Crippen molar-refractivity contribution in [3.8, 4) is 11.1 Å². The molecule has 0 fully saturated rings. The maximum absolute atomic E-state index is 13.1. The molecule has 25 heavy (non-hydrogen) atoms. The number of hydrogen-bond acceptors (Lipinski definition) is 2. The van der Waals surface area contributed by atoms with Gasteiger partial charge in [0.2, 0.25) is 0 Å². The van der Waals surface area contributed by atoms with Gasteiger partial charge in [-0.3, -0.25) is 9.78 Å². The molecule has 5 heteroatoms. The molecule has 0 aliphatic rings. The number of aromatic nitrogens is 2. The van der Waals surface area contributed by atoms with E-state index in [-0.39, 0.29) is 17.8 Å². The average molecular weight is 337 g/mol. The summed E-state index contributed by atoms with van der Waals surface area (Å²) in [5.74, 6) is -0.436. The molecule has 0 aliphatic carbocycles. The standard InChI is InChI=1S/C20H20FN3O/c1-3-24-13-16(15-7-9-17(21)10-8-15)12-19(24)20(25)23-14(2)18-6-4-5-11-22-18/h4-14H,3H2,1-2H3,(H,23,25). The van der Waals surface area contributed by atoms with Crippen LogP contribution in [0.25, 0.3) is 11.1 Å². The van der Waals surface area contributed by atoms with E-state index < -0.39 is 0 Å². The van der Waals surface area contributed by atoms with Crippen molar-refractivity contribution in [1.29, 1.82) is 0 Å². The number of aryl methyl sites for hydroxylation is 1. The largest absolute Gasteiger partial charge is 0.343 e. The lowest BCUT2D eigenvalue weighted by Crippen LogP contribution is -2.28. The lowest BCUT2D eigenvalue weighted by molar-refractivity contribution is 0.0930. The van der Waals surface area contributed by atoms with Crippen molar-refractivity contribution >= 4 is 5.91 Å². The predicted octanol–water partition coefficient (Wildman–Crippen LogP) is 4.20. The number of pyridine rings is 1. The van der Waals surface area contributed by atoms with Crippen LogP contribution in [0.1, 0.15) is 36.1 Å². The highest BCUT2D eigenvalue weighted by atomic mass is 19.1. The monoisotopic (exact) mass is 337 g/mol. The molecule has 2 heterocycles. The minimum Gasteiger partial charge on any atom is -0.343 e. The van der Waals surface area contributed by atoms with Crippen LogP contribution in [0, 0.1) is 5.82 Å². The average Bonchev–Trinajstić information content (AvgIpc) is 3.07. The summed E-state index contributed by atoms with van der Waals surface area (Å²) in [6, 6.07) is 13.5. The lowest BCUT2D eigenvalue weighted by Gasteiger charge is -2.14. The maximum Gasteiger partial charge on any atom is 0.268 e. The van der Waals surface area contributed by atoms with Crippen LogP contribution in [0.15, 0.2) is 60.9 Å². The molecule has 1 atom stereocenters. The quantitative estimate of drug-likeness (QED) is 0.758. The number of carbonyl (C=O) groups is 1. The van der Waals surface area contributed by atoms with Gasteiger partial charge >= 0.3 is 0 Å². The zero-order chi connectivity index (χ0) is 17.8. The molecule has 1 amide bonds. The van der Waals surface area contributed by atoms with Gasteiger partial charge in [0.05, 0.1) is 11.7 Å². The van der Waals surface area contributed by atoms with Crippen LogP contribution in [0.3, 0.4) is 0 Å². The summed E-state index contributed by atoms with van der Waals surface area (Å²) in [5.41, 5.74) is 3.15. The summed E-state index contributed by atoms with van der Waals surface area (Å²) >= 11 is 0. The fourth-order valence-corrected chi connectivity index (χ4v) is 2.74. The Labute approximate surface area is 146 Å². The Kier molecular flexibility index (Phi) is 4.93. The van der Waals surface area contributed by atoms with Gasteiger partial charge in [0.1, 0.15) is 11.5 Å². The van der Waals surface area contributed by atoms with E-state index in [4.69, 9.17) is 0 Å². The van der Waals surface area contributed by atoms with Gasteiger partial charge in [0.15, 0.2) is 0 Å². The first kappa shape index (κ1) is 16.9. The number of nitrogens with zero attached hydrogens (tertiary/aromatic N) is 2. The molecule has 128 valence electrons. The van der Waals surface area contributed by atoms with Crippen molar-refractivity contribution in [2.45, 2.75) is 26.4 Å². The summed E-state index contributed by atoms with van der Waals surface area (Å²) in [5, 5.41) is 2.98. The van der Waals surface area contributed by atoms with E-state index in [0.29, 0.717) is 12.2 Å². The van der Waals surface area contributed by atoms with Crippen LogP contribution in [0.5, 0.6) is 0 Å². The third-order valence-electron chi connectivity index (χ3n) is 4.13. The van der Waals surface area contributed by atoms with E-state index in [1.807, 2.05) is 48.9 Å². The molecular formula is C20H20FN3O. The fourth-order valence-electron chi connectivity index (χ4n) is 2.74. The van der Waals surface area contributed by atoms with E-state index in [2.05, 4.69) is 10.3 Å². The smallest absolute Gasteiger partial charge is 0.268 e. The van der Waals surface area contributed by atoms with Crippen LogP contribution < -0.4 is 5.32 Å². The van der Waals surface area contributed by atoms with Gasteiger partial charge < -0.3 is 9.88 Å². The first-order chi connectivity index (χ1) is 12.1. The Morgan fingerprint density at radius 2 is 1.96 bits per heavy atom. The molecule has 0 aliphatic heterocycles. The van der Waals surface area contributed by atoms with Crippen LogP contribution in [-0.4, -0.2) is 15.5 Å². The van der Waals surface area contributed by atoms with E-state index in [9.17, 15) is 9.18 Å². The van der Waals surface area contributed by atoms with Crippen molar-refractivity contribution in [3.63, 3.8) is 0 Å². The van der Waals surface area contributed by atoms with Crippen molar-refractivity contribution in [2.24, 2.45) is 0 Å². The molecule has 1 unspecified atom stereocenters. The Bertz CT molecular complexity index is 856. The molecule has 1 aromatic carbocycles. The zero-order valence-corrected chi connectivity index (χ0v) is 14.2. The molecule has 0 saturated carbocycles. The normalized spacial score (nSPS) is 12.0. The van der Waals surface area contributed by atoms with Gasteiger partial charge in [0.25, 0.3) is 5.91 Å². The number of rotatable bonds is 5. The van der Waals surface area contributed by atoms with Crippen molar-refractivity contribution in [1.82, 2.24) is 14.9 Å². The summed E-state index contributed by atoms with van der Waals surface area (Å²) in [6.07, 6.45) is 3.62. The Morgan fingerprint density at radius 1 is 1.20 bits per heavy atom. The van der Waals surface area contributed by atoms with Crippen molar-refractivity contribution in [2.75, 3.05) is 0 Å². The van der Waals surface area contributed by atoms with Gasteiger partial charge in [-0.05, 0) is 49.7 Å². The second-order valence-corrected chi connectivity index (χ2v) is 5.86. The van der Waals surface area contributed by atoms with E-state index in [1.54, 1.807) is 18.3 Å². The number of hydrogen-bond donors (Lipinski definition) is 1. The molecule has 1 N–H and O–H groups in total. The summed E-state index contributed by atoms with van der Waals surface area (Å²) in [4.78, 5) is 17.0. The predicted molar refractivity (Wildman–Crippen MR) is 95.6 cm³/mol. The Hall–Kier alpha value is -2.95. The second-order valence-electron chi connectivity index (χ2n) is 5.86. The van der Waals surface area contributed by atoms with Crippen LogP contribution in [-0.2, 0) is 6.54 Å². The molecule has 0 bridgehead atoms. The van der Waals surface area contributed by atoms with Gasteiger partial charge in [-0.15, -0.1) is 0 Å². The number of amides is 1. The second kappa shape index (κ2) is 7.30. The lowest BCUT2D eigenvalue weighted by atomic mass is 10.1. The molecule has 3 aromatic rings. The maximum atomic E-state index is 13.1. The van der Waals surface area contributed by atoms with E-state index in [0.717, 1.165) is 16.8 Å². The van der Waals surface area contributed by atoms with Crippen LogP contribution in [0.4, 0.5) is 4.39 Å². The molecule has 4 nitrogen and oxygen atoms in total. The van der Waals surface area contributed by atoms with E-state index >= 15 is 0 Å². The molecule has 0 saturated heterocycles. The highest BCUT2D eigenvalue weighted by Crippen LogP contribution is 2.23. The highest BCUT2D eigenvalue weighted by Gasteiger charge is 2.17. The fraction of sp³-hybridized carbons (Fsp3) is 0.200. The third-order valence-corrected chi connectivity index (χ3v) is 4.13. The van der Waals surface area contributed by atoms with Crippen LogP contribution in [0.2, 0.25) is 0 Å². The first-order valence-corrected chi connectivity index (χ1v) is 8.26. The van der Waals surface area contributed by atoms with Gasteiger partial charge in [-0.1, -0.05) is 18.2 Å². The van der Waals surface area contributed by atoms with Crippen molar-refractivity contribution in [3.05, 3.63) is 78.1 Å². The topological polar surface area (TPSA) is 46.9 Å². The SMILES string of the molecule is CCn1cc(-c2ccc(F)cc2)cc1C(=O)NC(C)c1ccccn1. The van der Waals surface area contributed by atoms with Gasteiger partial charge in [0, 0.05) is 24.5 Å². The van der Waals surface area contributed by atoms with Crippen LogP contribution >= 0.6 is 0 Å². The molecule has 0 radical (unpaired) electrons. The zero-order valence-electron chi connectivity index (χ0n) is 14.2. The Morgan fingerprint density at radius 3 is 2.60 bits per heavy atom. The molecule has 2 aromatic heterocycles. The minimum absolute atomic E-state index is 0.159. The minimum atomic E-state index is -0.277. The summed E-state index contributed by atoms with van der Waals surface area (Å²) < 4.78 is 15.0. The summed E-state index contributed by atoms with van der Waals surface area (Å²) in [6.45, 7) is 4.55. The van der Waals surface area contributed by atoms with E-state index in [1.165, 1.54) is 12.1 Å². The molecule has 0 spiro atoms. The Balaban J connectivity index is 1.83.